The number of halogens is 4. The molecule has 3 rings (SSSR count). The van der Waals surface area contributed by atoms with Gasteiger partial charge in [0.15, 0.2) is 11.4 Å². The molecule has 0 bridgehead atoms. The number of hydrogen-bond acceptors (Lipinski definition) is 3. The molecule has 0 radical (unpaired) electrons. The predicted octanol–water partition coefficient (Wildman–Crippen LogP) is 4.67. The summed E-state index contributed by atoms with van der Waals surface area (Å²) in [6, 6.07) is 6.77. The van der Waals surface area contributed by atoms with E-state index in [2.05, 4.69) is 10.3 Å². The summed E-state index contributed by atoms with van der Waals surface area (Å²) in [4.78, 5) is 16.9. The molecule has 1 aromatic carbocycles. The van der Waals surface area contributed by atoms with Crippen molar-refractivity contribution < 1.29 is 27.1 Å². The first-order valence-corrected chi connectivity index (χ1v) is 9.48. The number of fused-ring (bicyclic) bond motifs is 1. The zero-order valence-electron chi connectivity index (χ0n) is 16.3. The van der Waals surface area contributed by atoms with Gasteiger partial charge in [-0.2, -0.15) is 0 Å². The van der Waals surface area contributed by atoms with Gasteiger partial charge in [-0.3, -0.25) is 9.20 Å². The van der Waals surface area contributed by atoms with E-state index in [1.54, 1.807) is 25.3 Å². The third kappa shape index (κ3) is 4.90. The van der Waals surface area contributed by atoms with E-state index in [4.69, 9.17) is 4.74 Å². The molecule has 0 atom stereocenters. The zero-order chi connectivity index (χ0) is 21.7. The van der Waals surface area contributed by atoms with Gasteiger partial charge in [-0.25, -0.2) is 22.5 Å². The van der Waals surface area contributed by atoms with Crippen LogP contribution < -0.4 is 10.1 Å². The minimum Gasteiger partial charge on any atom is -0.485 e. The summed E-state index contributed by atoms with van der Waals surface area (Å²) < 4.78 is 59.1. The molecule has 0 fully saturated rings. The number of ether oxygens (including phenoxy) is 1. The maximum Gasteiger partial charge on any atom is 0.270 e. The second-order valence-corrected chi connectivity index (χ2v) is 6.74. The number of unbranched alkanes of at least 4 members (excludes halogenated alkanes) is 1. The van der Waals surface area contributed by atoms with Crippen LogP contribution in [0.25, 0.3) is 5.65 Å². The standard InChI is InChI=1S/C21H21F4N3O2/c1-13-19(21(29)26-10-3-2-9-18(24)25)28-11-5-8-17(20(28)27-13)30-12-14-15(22)6-4-7-16(14)23/h4-8,11,18H,2-3,9-10,12H2,1H3,(H,26,29). The third-order valence-electron chi connectivity index (χ3n) is 4.57. The number of hydrogen-bond donors (Lipinski definition) is 1. The number of aromatic nitrogens is 2. The molecule has 9 heteroatoms. The van der Waals surface area contributed by atoms with E-state index < -0.39 is 24.0 Å². The number of pyridine rings is 1. The summed E-state index contributed by atoms with van der Waals surface area (Å²) in [6.07, 6.45) is -0.174. The lowest BCUT2D eigenvalue weighted by Gasteiger charge is -2.10. The molecular formula is C21H21F4N3O2. The predicted molar refractivity (Wildman–Crippen MR) is 103 cm³/mol. The summed E-state index contributed by atoms with van der Waals surface area (Å²) >= 11 is 0. The Morgan fingerprint density at radius 3 is 2.60 bits per heavy atom. The Labute approximate surface area is 170 Å². The molecule has 0 aliphatic rings. The first-order valence-electron chi connectivity index (χ1n) is 9.48. The van der Waals surface area contributed by atoms with Crippen molar-refractivity contribution in [1.29, 1.82) is 0 Å². The maximum absolute atomic E-state index is 13.8. The summed E-state index contributed by atoms with van der Waals surface area (Å²) in [5.41, 5.74) is 0.841. The third-order valence-corrected chi connectivity index (χ3v) is 4.57. The second kappa shape index (κ2) is 9.60. The Hall–Kier alpha value is -3.10. The minimum absolute atomic E-state index is 0.201. The Morgan fingerprint density at radius 2 is 1.90 bits per heavy atom. The van der Waals surface area contributed by atoms with E-state index in [0.29, 0.717) is 24.2 Å². The number of aryl methyl sites for hydroxylation is 1. The highest BCUT2D eigenvalue weighted by atomic mass is 19.3. The molecule has 0 saturated heterocycles. The largest absolute Gasteiger partial charge is 0.485 e. The highest BCUT2D eigenvalue weighted by Gasteiger charge is 2.19. The zero-order valence-corrected chi connectivity index (χ0v) is 16.3. The van der Waals surface area contributed by atoms with Gasteiger partial charge in [0.25, 0.3) is 5.91 Å². The minimum atomic E-state index is -2.35. The Kier molecular flexibility index (Phi) is 6.91. The number of alkyl halides is 2. The van der Waals surface area contributed by atoms with Crippen molar-refractivity contribution in [3.63, 3.8) is 0 Å². The number of amides is 1. The average Bonchev–Trinajstić information content (AvgIpc) is 3.03. The van der Waals surface area contributed by atoms with Gasteiger partial charge >= 0.3 is 0 Å². The topological polar surface area (TPSA) is 55.6 Å². The molecular weight excluding hydrogens is 402 g/mol. The Bertz CT molecular complexity index is 1020. The number of rotatable bonds is 9. The monoisotopic (exact) mass is 423 g/mol. The van der Waals surface area contributed by atoms with Crippen LogP contribution in [-0.4, -0.2) is 28.3 Å². The molecule has 0 aliphatic heterocycles. The van der Waals surface area contributed by atoms with Gasteiger partial charge in [0.05, 0.1) is 11.3 Å². The molecule has 30 heavy (non-hydrogen) atoms. The van der Waals surface area contributed by atoms with Gasteiger partial charge in [0.2, 0.25) is 6.43 Å². The smallest absolute Gasteiger partial charge is 0.270 e. The van der Waals surface area contributed by atoms with E-state index in [-0.39, 0.29) is 36.6 Å². The van der Waals surface area contributed by atoms with Crippen LogP contribution >= 0.6 is 0 Å². The molecule has 2 aromatic heterocycles. The molecule has 0 saturated carbocycles. The molecule has 3 aromatic rings. The lowest BCUT2D eigenvalue weighted by molar-refractivity contribution is 0.0945. The van der Waals surface area contributed by atoms with Gasteiger partial charge in [-0.05, 0) is 44.0 Å². The quantitative estimate of drug-likeness (QED) is 0.402. The van der Waals surface area contributed by atoms with Crippen LogP contribution in [0.3, 0.4) is 0 Å². The molecule has 0 aliphatic carbocycles. The number of imidazole rings is 1. The Balaban J connectivity index is 1.74. The van der Waals surface area contributed by atoms with Crippen molar-refractivity contribution >= 4 is 11.6 Å². The highest BCUT2D eigenvalue weighted by molar-refractivity contribution is 5.94. The summed E-state index contributed by atoms with van der Waals surface area (Å²) in [7, 11) is 0. The summed E-state index contributed by atoms with van der Waals surface area (Å²) in [6.45, 7) is 1.58. The number of carbonyl (C=O) groups excluding carboxylic acids is 1. The van der Waals surface area contributed by atoms with Crippen LogP contribution in [-0.2, 0) is 6.61 Å². The van der Waals surface area contributed by atoms with E-state index in [1.807, 2.05) is 0 Å². The molecule has 0 spiro atoms. The van der Waals surface area contributed by atoms with Crippen molar-refractivity contribution in [2.24, 2.45) is 0 Å². The van der Waals surface area contributed by atoms with Crippen LogP contribution in [0.15, 0.2) is 36.5 Å². The van der Waals surface area contributed by atoms with Crippen LogP contribution in [0.4, 0.5) is 17.6 Å². The number of benzene rings is 1. The fraction of sp³-hybridized carbons (Fsp3) is 0.333. The maximum atomic E-state index is 13.8. The van der Waals surface area contributed by atoms with Gasteiger partial charge in [0, 0.05) is 19.2 Å². The van der Waals surface area contributed by atoms with Gasteiger partial charge in [-0.15, -0.1) is 0 Å². The van der Waals surface area contributed by atoms with Crippen molar-refractivity contribution in [3.8, 4) is 5.75 Å². The number of nitrogens with one attached hydrogen (secondary N) is 1. The molecule has 0 unspecified atom stereocenters. The van der Waals surface area contributed by atoms with E-state index in [1.165, 1.54) is 10.5 Å². The first-order chi connectivity index (χ1) is 14.4. The number of nitrogens with zero attached hydrogens (tertiary/aromatic N) is 2. The van der Waals surface area contributed by atoms with Crippen LogP contribution in [0, 0.1) is 18.6 Å². The fourth-order valence-electron chi connectivity index (χ4n) is 3.07. The second-order valence-electron chi connectivity index (χ2n) is 6.74. The molecule has 5 nitrogen and oxygen atoms in total. The molecule has 2 heterocycles. The normalized spacial score (nSPS) is 11.3. The van der Waals surface area contributed by atoms with E-state index >= 15 is 0 Å². The van der Waals surface area contributed by atoms with Crippen molar-refractivity contribution in [2.45, 2.75) is 39.2 Å². The van der Waals surface area contributed by atoms with Crippen LogP contribution in [0.2, 0.25) is 0 Å². The number of carbonyl (C=O) groups is 1. The van der Waals surface area contributed by atoms with Gasteiger partial charge < -0.3 is 10.1 Å². The lowest BCUT2D eigenvalue weighted by Crippen LogP contribution is -2.26. The fourth-order valence-corrected chi connectivity index (χ4v) is 3.07. The molecule has 1 N–H and O–H groups in total. The Morgan fingerprint density at radius 1 is 1.17 bits per heavy atom. The van der Waals surface area contributed by atoms with Gasteiger partial charge in [0.1, 0.15) is 23.9 Å². The summed E-state index contributed by atoms with van der Waals surface area (Å²) in [5.74, 6) is -1.56. The summed E-state index contributed by atoms with van der Waals surface area (Å²) in [5, 5.41) is 2.70. The average molecular weight is 423 g/mol. The molecule has 160 valence electrons. The van der Waals surface area contributed by atoms with Crippen molar-refractivity contribution in [1.82, 2.24) is 14.7 Å². The van der Waals surface area contributed by atoms with Crippen molar-refractivity contribution in [2.75, 3.05) is 6.54 Å². The highest BCUT2D eigenvalue weighted by Crippen LogP contribution is 2.24. The SMILES string of the molecule is Cc1nc2c(OCc3c(F)cccc3F)cccn2c1C(=O)NCCCCC(F)F. The molecule has 1 amide bonds. The first kappa shape index (κ1) is 21.6. The van der Waals surface area contributed by atoms with Crippen LogP contribution in [0.1, 0.15) is 41.0 Å². The van der Waals surface area contributed by atoms with E-state index in [0.717, 1.165) is 12.1 Å². The van der Waals surface area contributed by atoms with Crippen LogP contribution in [0.5, 0.6) is 5.75 Å². The van der Waals surface area contributed by atoms with E-state index in [9.17, 15) is 22.4 Å². The lowest BCUT2D eigenvalue weighted by atomic mass is 10.2. The van der Waals surface area contributed by atoms with Gasteiger partial charge in [-0.1, -0.05) is 6.07 Å². The van der Waals surface area contributed by atoms with Crippen molar-refractivity contribution in [3.05, 3.63) is 65.1 Å².